The number of carbonyl (C=O) groups is 2. The molecule has 3 aliphatic rings. The Balaban J connectivity index is 1.92. The molecule has 0 spiro atoms. The molecule has 1 amide bonds. The fourth-order valence-corrected chi connectivity index (χ4v) is 3.39. The van der Waals surface area contributed by atoms with Crippen LogP contribution in [0, 0.1) is 0 Å². The maximum absolute atomic E-state index is 12.4. The lowest BCUT2D eigenvalue weighted by Crippen LogP contribution is -2.44. The van der Waals surface area contributed by atoms with Crippen molar-refractivity contribution in [3.8, 4) is 0 Å². The molecule has 7 N–H and O–H groups in total. The third-order valence-electron chi connectivity index (χ3n) is 4.83. The van der Waals surface area contributed by atoms with Gasteiger partial charge in [-0.1, -0.05) is 0 Å². The van der Waals surface area contributed by atoms with Gasteiger partial charge in [-0.15, -0.1) is 0 Å². The van der Waals surface area contributed by atoms with E-state index >= 15 is 0 Å². The monoisotopic (exact) mass is 387 g/mol. The minimum absolute atomic E-state index is 0.0228. The molecular formula is C16H21NO10. The zero-order valence-electron chi connectivity index (χ0n) is 14.1. The van der Waals surface area contributed by atoms with Crippen molar-refractivity contribution in [2.75, 3.05) is 13.2 Å². The Kier molecular flexibility index (Phi) is 5.63. The van der Waals surface area contributed by atoms with Crippen LogP contribution in [0.15, 0.2) is 22.9 Å². The Hall–Kier alpha value is -1.86. The van der Waals surface area contributed by atoms with Crippen molar-refractivity contribution >= 4 is 11.9 Å². The summed E-state index contributed by atoms with van der Waals surface area (Å²) >= 11 is 0. The molecule has 11 heteroatoms. The van der Waals surface area contributed by atoms with Crippen molar-refractivity contribution < 1.29 is 49.7 Å². The summed E-state index contributed by atoms with van der Waals surface area (Å²) in [5.41, 5.74) is -0.398. The molecule has 0 aliphatic carbocycles. The van der Waals surface area contributed by atoms with Gasteiger partial charge in [0.2, 0.25) is 5.91 Å². The SMILES string of the molecule is O=C1C=C(C2OC(CO)C(O)C2O)C(=C2C(=O)OC(C(O)CO)CC2O)N1. The first-order valence-electron chi connectivity index (χ1n) is 8.36. The summed E-state index contributed by atoms with van der Waals surface area (Å²) in [6, 6.07) is 0. The number of hydrogen-bond acceptors (Lipinski definition) is 10. The van der Waals surface area contributed by atoms with Crippen molar-refractivity contribution in [1.82, 2.24) is 5.32 Å². The van der Waals surface area contributed by atoms with Crippen LogP contribution in [-0.2, 0) is 19.1 Å². The maximum atomic E-state index is 12.4. The van der Waals surface area contributed by atoms with E-state index in [0.717, 1.165) is 6.08 Å². The van der Waals surface area contributed by atoms with Gasteiger partial charge in [0, 0.05) is 18.1 Å². The minimum atomic E-state index is -1.47. The average molecular weight is 387 g/mol. The zero-order valence-corrected chi connectivity index (χ0v) is 14.1. The van der Waals surface area contributed by atoms with Crippen LogP contribution in [0.5, 0.6) is 0 Å². The highest BCUT2D eigenvalue weighted by atomic mass is 16.6. The number of esters is 1. The van der Waals surface area contributed by atoms with Gasteiger partial charge in [0.05, 0.1) is 30.6 Å². The van der Waals surface area contributed by atoms with Crippen LogP contribution >= 0.6 is 0 Å². The molecule has 0 saturated carbocycles. The number of aliphatic hydroxyl groups is 6. The Labute approximate surface area is 153 Å². The van der Waals surface area contributed by atoms with Crippen molar-refractivity contribution in [3.63, 3.8) is 0 Å². The summed E-state index contributed by atoms with van der Waals surface area (Å²) < 4.78 is 10.4. The van der Waals surface area contributed by atoms with Gasteiger partial charge in [0.1, 0.15) is 36.6 Å². The Bertz CT molecular complexity index is 689. The van der Waals surface area contributed by atoms with Gasteiger partial charge in [0.25, 0.3) is 0 Å². The van der Waals surface area contributed by atoms with Crippen LogP contribution in [-0.4, -0.2) is 98.5 Å². The van der Waals surface area contributed by atoms with Gasteiger partial charge in [-0.2, -0.15) is 0 Å². The van der Waals surface area contributed by atoms with E-state index in [0.29, 0.717) is 0 Å². The summed E-state index contributed by atoms with van der Waals surface area (Å²) in [6.07, 6.45) is -8.27. The minimum Gasteiger partial charge on any atom is -0.456 e. The van der Waals surface area contributed by atoms with Crippen LogP contribution in [0.4, 0.5) is 0 Å². The van der Waals surface area contributed by atoms with E-state index < -0.39 is 67.8 Å². The third-order valence-corrected chi connectivity index (χ3v) is 4.83. The Morgan fingerprint density at radius 3 is 2.44 bits per heavy atom. The van der Waals surface area contributed by atoms with Gasteiger partial charge in [-0.25, -0.2) is 4.79 Å². The predicted molar refractivity (Wildman–Crippen MR) is 84.6 cm³/mol. The highest BCUT2D eigenvalue weighted by molar-refractivity contribution is 6.00. The van der Waals surface area contributed by atoms with E-state index in [4.69, 9.17) is 14.6 Å². The van der Waals surface area contributed by atoms with E-state index in [1.165, 1.54) is 0 Å². The number of hydrogen-bond donors (Lipinski definition) is 7. The lowest BCUT2D eigenvalue weighted by Gasteiger charge is -2.31. The van der Waals surface area contributed by atoms with E-state index in [2.05, 4.69) is 5.32 Å². The number of nitrogens with one attached hydrogen (secondary N) is 1. The topological polar surface area (TPSA) is 186 Å². The smallest absolute Gasteiger partial charge is 0.339 e. The Morgan fingerprint density at radius 1 is 1.19 bits per heavy atom. The molecule has 7 unspecified atom stereocenters. The van der Waals surface area contributed by atoms with Crippen molar-refractivity contribution in [2.45, 2.75) is 49.1 Å². The molecule has 3 aliphatic heterocycles. The molecule has 2 saturated heterocycles. The molecule has 0 bridgehead atoms. The number of amides is 1. The normalized spacial score (nSPS) is 40.6. The molecule has 7 atom stereocenters. The summed E-state index contributed by atoms with van der Waals surface area (Å²) in [5.74, 6) is -1.65. The van der Waals surface area contributed by atoms with Crippen LogP contribution < -0.4 is 5.32 Å². The molecule has 3 rings (SSSR count). The van der Waals surface area contributed by atoms with Crippen LogP contribution in [0.1, 0.15) is 6.42 Å². The molecular weight excluding hydrogens is 366 g/mol. The fraction of sp³-hybridized carbons (Fsp3) is 0.625. The standard InChI is InChI=1S/C16H21NO10/c18-3-7(21)8-2-6(20)11(16(25)27-8)12-5(1-10(22)17-12)15-14(24)13(23)9(4-19)26-15/h1,6-9,13-15,18-21,23-24H,2-4H2,(H,17,22). The third kappa shape index (κ3) is 3.50. The second-order valence-corrected chi connectivity index (χ2v) is 6.58. The van der Waals surface area contributed by atoms with E-state index in [1.54, 1.807) is 0 Å². The molecule has 27 heavy (non-hydrogen) atoms. The molecule has 0 radical (unpaired) electrons. The number of carbonyl (C=O) groups excluding carboxylic acids is 2. The summed E-state index contributed by atoms with van der Waals surface area (Å²) in [7, 11) is 0. The first-order chi connectivity index (χ1) is 12.8. The van der Waals surface area contributed by atoms with Crippen LogP contribution in [0.2, 0.25) is 0 Å². The maximum Gasteiger partial charge on any atom is 0.339 e. The quantitative estimate of drug-likeness (QED) is 0.184. The number of rotatable bonds is 4. The van der Waals surface area contributed by atoms with Gasteiger partial charge in [-0.05, 0) is 0 Å². The molecule has 0 aromatic rings. The van der Waals surface area contributed by atoms with E-state index in [1.807, 2.05) is 0 Å². The van der Waals surface area contributed by atoms with Gasteiger partial charge in [0.15, 0.2) is 0 Å². The molecule has 3 heterocycles. The van der Waals surface area contributed by atoms with Crippen molar-refractivity contribution in [3.05, 3.63) is 22.9 Å². The summed E-state index contributed by atoms with van der Waals surface area (Å²) in [4.78, 5) is 24.2. The Morgan fingerprint density at radius 2 is 1.89 bits per heavy atom. The highest BCUT2D eigenvalue weighted by Crippen LogP contribution is 2.35. The lowest BCUT2D eigenvalue weighted by atomic mass is 9.91. The average Bonchev–Trinajstić information content (AvgIpc) is 3.14. The molecule has 2 fully saturated rings. The summed E-state index contributed by atoms with van der Waals surface area (Å²) in [5, 5.41) is 60.6. The largest absolute Gasteiger partial charge is 0.456 e. The van der Waals surface area contributed by atoms with Crippen LogP contribution in [0.25, 0.3) is 0 Å². The molecule has 150 valence electrons. The van der Waals surface area contributed by atoms with E-state index in [-0.39, 0.29) is 23.3 Å². The van der Waals surface area contributed by atoms with Gasteiger partial charge >= 0.3 is 5.97 Å². The van der Waals surface area contributed by atoms with Crippen molar-refractivity contribution in [1.29, 1.82) is 0 Å². The second-order valence-electron chi connectivity index (χ2n) is 6.58. The fourth-order valence-electron chi connectivity index (χ4n) is 3.39. The highest BCUT2D eigenvalue weighted by Gasteiger charge is 2.48. The predicted octanol–water partition coefficient (Wildman–Crippen LogP) is -4.19. The first-order valence-corrected chi connectivity index (χ1v) is 8.36. The second kappa shape index (κ2) is 7.64. The van der Waals surface area contributed by atoms with Crippen LogP contribution in [0.3, 0.4) is 0 Å². The van der Waals surface area contributed by atoms with Crippen molar-refractivity contribution in [2.24, 2.45) is 0 Å². The summed E-state index contributed by atoms with van der Waals surface area (Å²) in [6.45, 7) is -1.23. The van der Waals surface area contributed by atoms with E-state index in [9.17, 15) is 35.1 Å². The first kappa shape index (κ1) is 19.9. The van der Waals surface area contributed by atoms with Gasteiger partial charge in [-0.3, -0.25) is 4.79 Å². The number of ether oxygens (including phenoxy) is 2. The zero-order chi connectivity index (χ0) is 19.9. The molecule has 0 aromatic carbocycles. The molecule has 0 aromatic heterocycles. The lowest BCUT2D eigenvalue weighted by molar-refractivity contribution is -0.161. The molecule has 11 nitrogen and oxygen atoms in total. The van der Waals surface area contributed by atoms with Gasteiger partial charge < -0.3 is 45.4 Å². The number of cyclic esters (lactones) is 1. The number of aliphatic hydroxyl groups excluding tert-OH is 6.